The van der Waals surface area contributed by atoms with E-state index in [4.69, 9.17) is 4.74 Å². The zero-order chi connectivity index (χ0) is 14.5. The predicted molar refractivity (Wildman–Crippen MR) is 77.0 cm³/mol. The van der Waals surface area contributed by atoms with Gasteiger partial charge in [0.15, 0.2) is 0 Å². The van der Waals surface area contributed by atoms with E-state index in [9.17, 15) is 9.59 Å². The number of carbonyl (C=O) groups excluding carboxylic acids is 2. The molecule has 0 spiro atoms. The fourth-order valence-corrected chi connectivity index (χ4v) is 2.59. The van der Waals surface area contributed by atoms with Crippen molar-refractivity contribution >= 4 is 28.4 Å². The number of aromatic nitrogens is 1. The van der Waals surface area contributed by atoms with E-state index in [1.165, 1.54) is 11.5 Å². The van der Waals surface area contributed by atoms with Gasteiger partial charge in [-0.2, -0.15) is 4.37 Å². The molecule has 0 radical (unpaired) electrons. The maximum atomic E-state index is 11.8. The van der Waals surface area contributed by atoms with Crippen LogP contribution < -0.4 is 10.6 Å². The van der Waals surface area contributed by atoms with Gasteiger partial charge >= 0.3 is 5.97 Å². The van der Waals surface area contributed by atoms with Gasteiger partial charge in [-0.3, -0.25) is 4.79 Å². The summed E-state index contributed by atoms with van der Waals surface area (Å²) >= 11 is 1.23. The van der Waals surface area contributed by atoms with E-state index in [1.807, 2.05) is 0 Å². The van der Waals surface area contributed by atoms with Crippen LogP contribution in [0.1, 0.15) is 35.8 Å². The van der Waals surface area contributed by atoms with Gasteiger partial charge in [-0.25, -0.2) is 4.79 Å². The van der Waals surface area contributed by atoms with Gasteiger partial charge in [0.25, 0.3) is 0 Å². The van der Waals surface area contributed by atoms with Crippen molar-refractivity contribution in [1.82, 2.24) is 9.69 Å². The molecule has 1 aromatic heterocycles. The molecule has 0 aromatic carbocycles. The second kappa shape index (κ2) is 6.69. The first-order valence-electron chi connectivity index (χ1n) is 6.78. The van der Waals surface area contributed by atoms with Crippen LogP contribution in [-0.4, -0.2) is 35.9 Å². The number of hydrogen-bond acceptors (Lipinski definition) is 6. The Kier molecular flexibility index (Phi) is 4.94. The maximum absolute atomic E-state index is 11.8. The second-order valence-corrected chi connectivity index (χ2v) is 5.46. The van der Waals surface area contributed by atoms with Gasteiger partial charge in [0.2, 0.25) is 5.91 Å². The molecule has 0 unspecified atom stereocenters. The third-order valence-corrected chi connectivity index (χ3v) is 3.90. The molecule has 1 saturated carbocycles. The number of ether oxygens (including phenoxy) is 1. The molecule has 0 aliphatic heterocycles. The quantitative estimate of drug-likeness (QED) is 0.590. The highest BCUT2D eigenvalue weighted by atomic mass is 32.1. The molecule has 1 fully saturated rings. The minimum atomic E-state index is -0.358. The lowest BCUT2D eigenvalue weighted by Crippen LogP contribution is -2.29. The number of carbonyl (C=O) groups is 2. The topological polar surface area (TPSA) is 80.3 Å². The summed E-state index contributed by atoms with van der Waals surface area (Å²) in [4.78, 5) is 23.3. The van der Waals surface area contributed by atoms with E-state index in [2.05, 4.69) is 15.0 Å². The Morgan fingerprint density at radius 1 is 1.40 bits per heavy atom. The summed E-state index contributed by atoms with van der Waals surface area (Å²) in [5.41, 5.74) is 1.16. The van der Waals surface area contributed by atoms with Crippen molar-refractivity contribution in [1.29, 1.82) is 0 Å². The molecule has 110 valence electrons. The fraction of sp³-hybridized carbons (Fsp3) is 0.615. The molecule has 1 aliphatic rings. The lowest BCUT2D eigenvalue weighted by molar-refractivity contribution is -0.122. The summed E-state index contributed by atoms with van der Waals surface area (Å²) < 4.78 is 9.17. The van der Waals surface area contributed by atoms with Crippen LogP contribution in [0.15, 0.2) is 0 Å². The van der Waals surface area contributed by atoms with Crippen molar-refractivity contribution in [2.24, 2.45) is 5.92 Å². The number of aryl methyl sites for hydroxylation is 1. The van der Waals surface area contributed by atoms with Crippen LogP contribution in [0.5, 0.6) is 0 Å². The Morgan fingerprint density at radius 2 is 2.15 bits per heavy atom. The molecule has 2 N–H and O–H groups in total. The van der Waals surface area contributed by atoms with Crippen LogP contribution in [0.4, 0.5) is 5.00 Å². The van der Waals surface area contributed by atoms with E-state index < -0.39 is 0 Å². The number of amides is 1. The van der Waals surface area contributed by atoms with E-state index in [1.54, 1.807) is 13.8 Å². The molecular formula is C13H19N3O3S. The van der Waals surface area contributed by atoms with Crippen molar-refractivity contribution < 1.29 is 14.3 Å². The van der Waals surface area contributed by atoms with Crippen molar-refractivity contribution in [3.63, 3.8) is 0 Å². The van der Waals surface area contributed by atoms with Crippen LogP contribution in [0.3, 0.4) is 0 Å². The first-order chi connectivity index (χ1) is 9.63. The zero-order valence-electron chi connectivity index (χ0n) is 11.7. The van der Waals surface area contributed by atoms with Crippen LogP contribution in [-0.2, 0) is 9.53 Å². The van der Waals surface area contributed by atoms with Gasteiger partial charge < -0.3 is 15.4 Å². The number of hydrogen-bond donors (Lipinski definition) is 2. The fourth-order valence-electron chi connectivity index (χ4n) is 1.79. The van der Waals surface area contributed by atoms with Crippen LogP contribution >= 0.6 is 11.5 Å². The van der Waals surface area contributed by atoms with Crippen LogP contribution in [0.2, 0.25) is 0 Å². The highest BCUT2D eigenvalue weighted by Crippen LogP contribution is 2.28. The van der Waals surface area contributed by atoms with Crippen molar-refractivity contribution in [3.05, 3.63) is 11.3 Å². The molecule has 1 aliphatic carbocycles. The Bertz CT molecular complexity index is 497. The summed E-state index contributed by atoms with van der Waals surface area (Å²) in [6, 6.07) is 0. The molecule has 20 heavy (non-hydrogen) atoms. The molecule has 6 nitrogen and oxygen atoms in total. The average Bonchev–Trinajstić information content (AvgIpc) is 3.19. The average molecular weight is 297 g/mol. The Labute approximate surface area is 122 Å². The minimum absolute atomic E-state index is 0.123. The molecular weight excluding hydrogens is 278 g/mol. The number of rotatable bonds is 7. The van der Waals surface area contributed by atoms with E-state index in [0.29, 0.717) is 36.0 Å². The molecule has 0 atom stereocenters. The third-order valence-electron chi connectivity index (χ3n) is 3.00. The van der Waals surface area contributed by atoms with Gasteiger partial charge in [-0.05, 0) is 38.2 Å². The number of nitrogens with zero attached hydrogens (tertiary/aromatic N) is 1. The summed E-state index contributed by atoms with van der Waals surface area (Å²) in [6.07, 6.45) is 2.00. The molecule has 1 heterocycles. The first kappa shape index (κ1) is 14.8. The van der Waals surface area contributed by atoms with Gasteiger partial charge in [-0.15, -0.1) is 0 Å². The number of nitrogens with one attached hydrogen (secondary N) is 2. The number of anilines is 1. The Morgan fingerprint density at radius 3 is 2.80 bits per heavy atom. The highest BCUT2D eigenvalue weighted by molar-refractivity contribution is 7.10. The van der Waals surface area contributed by atoms with Gasteiger partial charge in [0.1, 0.15) is 10.6 Å². The van der Waals surface area contributed by atoms with Crippen molar-refractivity contribution in [3.8, 4) is 0 Å². The first-order valence-corrected chi connectivity index (χ1v) is 7.55. The van der Waals surface area contributed by atoms with Gasteiger partial charge in [0.05, 0.1) is 12.3 Å². The largest absolute Gasteiger partial charge is 0.462 e. The summed E-state index contributed by atoms with van der Waals surface area (Å²) in [5, 5.41) is 6.69. The van der Waals surface area contributed by atoms with E-state index in [0.717, 1.165) is 12.8 Å². The molecule has 7 heteroatoms. The van der Waals surface area contributed by atoms with E-state index in [-0.39, 0.29) is 17.8 Å². The number of esters is 1. The third kappa shape index (κ3) is 3.69. The highest BCUT2D eigenvalue weighted by Gasteiger charge is 2.29. The normalized spacial score (nSPS) is 13.9. The monoisotopic (exact) mass is 297 g/mol. The molecule has 1 aromatic rings. The van der Waals surface area contributed by atoms with Crippen molar-refractivity contribution in [2.75, 3.05) is 25.0 Å². The summed E-state index contributed by atoms with van der Waals surface area (Å²) in [6.45, 7) is 4.99. The molecule has 2 rings (SSSR count). The Hall–Kier alpha value is -1.63. The molecule has 0 saturated heterocycles. The SMILES string of the molecule is CCOC(=O)c1c(C)nsc1NCCNC(=O)C1CC1. The lowest BCUT2D eigenvalue weighted by atomic mass is 10.2. The molecule has 1 amide bonds. The summed E-state index contributed by atoms with van der Waals surface area (Å²) in [7, 11) is 0. The maximum Gasteiger partial charge on any atom is 0.343 e. The van der Waals surface area contributed by atoms with Crippen LogP contribution in [0, 0.1) is 12.8 Å². The Balaban J connectivity index is 1.82. The van der Waals surface area contributed by atoms with Crippen LogP contribution in [0.25, 0.3) is 0 Å². The smallest absolute Gasteiger partial charge is 0.343 e. The minimum Gasteiger partial charge on any atom is -0.462 e. The van der Waals surface area contributed by atoms with Crippen molar-refractivity contribution in [2.45, 2.75) is 26.7 Å². The van der Waals surface area contributed by atoms with Gasteiger partial charge in [-0.1, -0.05) is 0 Å². The zero-order valence-corrected chi connectivity index (χ0v) is 12.5. The van der Waals surface area contributed by atoms with Gasteiger partial charge in [0, 0.05) is 19.0 Å². The second-order valence-electron chi connectivity index (χ2n) is 4.68. The molecule has 0 bridgehead atoms. The summed E-state index contributed by atoms with van der Waals surface area (Å²) in [5.74, 6) is -0.0168. The standard InChI is InChI=1S/C13H19N3O3S/c1-3-19-13(18)10-8(2)16-20-12(10)15-7-6-14-11(17)9-4-5-9/h9,15H,3-7H2,1-2H3,(H,14,17). The van der Waals surface area contributed by atoms with E-state index >= 15 is 0 Å². The lowest BCUT2D eigenvalue weighted by Gasteiger charge is -2.08. The predicted octanol–water partition coefficient (Wildman–Crippen LogP) is 1.57.